The van der Waals surface area contributed by atoms with Gasteiger partial charge in [0.1, 0.15) is 0 Å². The van der Waals surface area contributed by atoms with Crippen molar-refractivity contribution in [2.24, 2.45) is 0 Å². The highest BCUT2D eigenvalue weighted by molar-refractivity contribution is 9.11. The van der Waals surface area contributed by atoms with E-state index in [0.29, 0.717) is 0 Å². The molecule has 1 aromatic carbocycles. The molecule has 0 bridgehead atoms. The molecule has 0 spiro atoms. The molecule has 2 heterocycles. The fourth-order valence-electron chi connectivity index (χ4n) is 2.49. The second-order valence-electron chi connectivity index (χ2n) is 4.94. The molecule has 0 unspecified atom stereocenters. The second kappa shape index (κ2) is 6.65. The SMILES string of the molecule is Brc1nnc(N2CCCN(Cc3ccccc3)CC2)s1. The van der Waals surface area contributed by atoms with Crippen LogP contribution < -0.4 is 4.90 Å². The molecular formula is C14H17BrN4S. The van der Waals surface area contributed by atoms with Gasteiger partial charge in [-0.05, 0) is 27.9 Å². The van der Waals surface area contributed by atoms with Crippen LogP contribution in [0.5, 0.6) is 0 Å². The molecule has 6 heteroatoms. The lowest BCUT2D eigenvalue weighted by Gasteiger charge is -2.21. The van der Waals surface area contributed by atoms with Crippen LogP contribution in [0, 0.1) is 0 Å². The summed E-state index contributed by atoms with van der Waals surface area (Å²) in [5.41, 5.74) is 1.39. The van der Waals surface area contributed by atoms with E-state index in [9.17, 15) is 0 Å². The molecule has 0 radical (unpaired) electrons. The van der Waals surface area contributed by atoms with Crippen molar-refractivity contribution in [3.8, 4) is 0 Å². The van der Waals surface area contributed by atoms with Gasteiger partial charge >= 0.3 is 0 Å². The number of hydrogen-bond acceptors (Lipinski definition) is 5. The lowest BCUT2D eigenvalue weighted by Crippen LogP contribution is -2.30. The molecule has 1 aromatic heterocycles. The van der Waals surface area contributed by atoms with Gasteiger partial charge in [0.05, 0.1) is 0 Å². The molecular weight excluding hydrogens is 336 g/mol. The lowest BCUT2D eigenvalue weighted by molar-refractivity contribution is 0.285. The summed E-state index contributed by atoms with van der Waals surface area (Å²) >= 11 is 4.99. The van der Waals surface area contributed by atoms with Crippen LogP contribution in [0.4, 0.5) is 5.13 Å². The van der Waals surface area contributed by atoms with E-state index in [1.165, 1.54) is 12.0 Å². The van der Waals surface area contributed by atoms with Crippen molar-refractivity contribution in [1.82, 2.24) is 15.1 Å². The molecule has 0 atom stereocenters. The smallest absolute Gasteiger partial charge is 0.209 e. The van der Waals surface area contributed by atoms with Crippen molar-refractivity contribution in [3.05, 3.63) is 39.8 Å². The minimum atomic E-state index is 0.859. The van der Waals surface area contributed by atoms with Crippen molar-refractivity contribution >= 4 is 32.4 Å². The molecule has 106 valence electrons. The zero-order valence-electron chi connectivity index (χ0n) is 11.2. The fraction of sp³-hybridized carbons (Fsp3) is 0.429. The molecule has 4 nitrogen and oxygen atoms in total. The first-order valence-corrected chi connectivity index (χ1v) is 8.42. The van der Waals surface area contributed by atoms with Gasteiger partial charge in [-0.2, -0.15) is 0 Å². The Balaban J connectivity index is 1.59. The van der Waals surface area contributed by atoms with Crippen LogP contribution in [0.3, 0.4) is 0 Å². The Hall–Kier alpha value is -0.980. The first-order chi connectivity index (χ1) is 9.81. The van der Waals surface area contributed by atoms with E-state index in [1.54, 1.807) is 11.3 Å². The Bertz CT molecular complexity index is 545. The van der Waals surface area contributed by atoms with Crippen LogP contribution >= 0.6 is 27.3 Å². The van der Waals surface area contributed by atoms with E-state index in [-0.39, 0.29) is 0 Å². The van der Waals surface area contributed by atoms with Crippen LogP contribution in [0.25, 0.3) is 0 Å². The van der Waals surface area contributed by atoms with E-state index < -0.39 is 0 Å². The Kier molecular flexibility index (Phi) is 4.65. The highest BCUT2D eigenvalue weighted by Gasteiger charge is 2.17. The maximum absolute atomic E-state index is 4.22. The van der Waals surface area contributed by atoms with E-state index >= 15 is 0 Å². The van der Waals surface area contributed by atoms with Gasteiger partial charge in [-0.1, -0.05) is 41.7 Å². The third kappa shape index (κ3) is 3.56. The summed E-state index contributed by atoms with van der Waals surface area (Å²) in [6.07, 6.45) is 1.17. The summed E-state index contributed by atoms with van der Waals surface area (Å²) in [5.74, 6) is 0. The Morgan fingerprint density at radius 2 is 1.90 bits per heavy atom. The average molecular weight is 353 g/mol. The number of benzene rings is 1. The molecule has 1 saturated heterocycles. The minimum absolute atomic E-state index is 0.859. The highest BCUT2D eigenvalue weighted by Crippen LogP contribution is 2.25. The minimum Gasteiger partial charge on any atom is -0.345 e. The average Bonchev–Trinajstić information content (AvgIpc) is 2.76. The summed E-state index contributed by atoms with van der Waals surface area (Å²) in [7, 11) is 0. The fourth-order valence-corrected chi connectivity index (χ4v) is 3.63. The molecule has 0 saturated carbocycles. The Morgan fingerprint density at radius 3 is 2.65 bits per heavy atom. The van der Waals surface area contributed by atoms with E-state index in [2.05, 4.69) is 66.3 Å². The van der Waals surface area contributed by atoms with Gasteiger partial charge in [0, 0.05) is 32.7 Å². The highest BCUT2D eigenvalue weighted by atomic mass is 79.9. The van der Waals surface area contributed by atoms with Crippen LogP contribution in [0.1, 0.15) is 12.0 Å². The predicted molar refractivity (Wildman–Crippen MR) is 86.2 cm³/mol. The predicted octanol–water partition coefficient (Wildman–Crippen LogP) is 3.01. The van der Waals surface area contributed by atoms with Gasteiger partial charge in [-0.3, -0.25) is 4.90 Å². The monoisotopic (exact) mass is 352 g/mol. The van der Waals surface area contributed by atoms with Crippen molar-refractivity contribution in [1.29, 1.82) is 0 Å². The number of aromatic nitrogens is 2. The zero-order chi connectivity index (χ0) is 13.8. The van der Waals surface area contributed by atoms with Gasteiger partial charge in [-0.15, -0.1) is 10.2 Å². The molecule has 1 aliphatic heterocycles. The maximum atomic E-state index is 4.22. The summed E-state index contributed by atoms with van der Waals surface area (Å²) in [4.78, 5) is 4.86. The number of halogens is 1. The summed E-state index contributed by atoms with van der Waals surface area (Å²) in [6, 6.07) is 10.7. The number of nitrogens with zero attached hydrogens (tertiary/aromatic N) is 4. The number of rotatable bonds is 3. The molecule has 3 rings (SSSR count). The van der Waals surface area contributed by atoms with Gasteiger partial charge in [0.25, 0.3) is 0 Å². The summed E-state index contributed by atoms with van der Waals surface area (Å²) in [6.45, 7) is 5.34. The van der Waals surface area contributed by atoms with Crippen LogP contribution in [0.2, 0.25) is 0 Å². The molecule has 20 heavy (non-hydrogen) atoms. The van der Waals surface area contributed by atoms with Crippen molar-refractivity contribution in [2.75, 3.05) is 31.1 Å². The van der Waals surface area contributed by atoms with E-state index in [0.717, 1.165) is 41.8 Å². The standard InChI is InChI=1S/C14H17BrN4S/c15-13-16-17-14(20-13)19-8-4-7-18(9-10-19)11-12-5-2-1-3-6-12/h1-3,5-6H,4,7-11H2. The zero-order valence-corrected chi connectivity index (χ0v) is 13.6. The summed E-state index contributed by atoms with van der Waals surface area (Å²) in [5, 5.41) is 9.28. The summed E-state index contributed by atoms with van der Waals surface area (Å²) < 4.78 is 0.859. The molecule has 1 fully saturated rings. The van der Waals surface area contributed by atoms with Gasteiger partial charge < -0.3 is 4.90 Å². The largest absolute Gasteiger partial charge is 0.345 e. The third-order valence-electron chi connectivity index (χ3n) is 3.50. The topological polar surface area (TPSA) is 32.3 Å². The number of hydrogen-bond donors (Lipinski definition) is 0. The van der Waals surface area contributed by atoms with Gasteiger partial charge in [0.15, 0.2) is 3.92 Å². The molecule has 2 aromatic rings. The van der Waals surface area contributed by atoms with Crippen molar-refractivity contribution in [2.45, 2.75) is 13.0 Å². The third-order valence-corrected chi connectivity index (χ3v) is 4.91. The first kappa shape index (κ1) is 14.0. The Morgan fingerprint density at radius 1 is 1.05 bits per heavy atom. The second-order valence-corrected chi connectivity index (χ2v) is 7.17. The van der Waals surface area contributed by atoms with Crippen LogP contribution in [-0.2, 0) is 6.54 Å². The normalized spacial score (nSPS) is 17.1. The van der Waals surface area contributed by atoms with Crippen LogP contribution in [0.15, 0.2) is 34.2 Å². The van der Waals surface area contributed by atoms with E-state index in [4.69, 9.17) is 0 Å². The number of anilines is 1. The van der Waals surface area contributed by atoms with Gasteiger partial charge in [-0.25, -0.2) is 0 Å². The Labute approximate surface area is 131 Å². The molecule has 0 N–H and O–H groups in total. The quantitative estimate of drug-likeness (QED) is 0.849. The van der Waals surface area contributed by atoms with Crippen LogP contribution in [-0.4, -0.2) is 41.3 Å². The molecule has 1 aliphatic rings. The molecule has 0 amide bonds. The van der Waals surface area contributed by atoms with Crippen molar-refractivity contribution in [3.63, 3.8) is 0 Å². The lowest BCUT2D eigenvalue weighted by atomic mass is 10.2. The van der Waals surface area contributed by atoms with Gasteiger partial charge in [0.2, 0.25) is 5.13 Å². The van der Waals surface area contributed by atoms with Crippen molar-refractivity contribution < 1.29 is 0 Å². The maximum Gasteiger partial charge on any atom is 0.209 e. The first-order valence-electron chi connectivity index (χ1n) is 6.81. The van der Waals surface area contributed by atoms with E-state index in [1.807, 2.05) is 0 Å². The molecule has 0 aliphatic carbocycles.